The Morgan fingerprint density at radius 1 is 1.24 bits per heavy atom. The molecule has 0 saturated carbocycles. The zero-order valence-electron chi connectivity index (χ0n) is 12.5. The summed E-state index contributed by atoms with van der Waals surface area (Å²) in [5.74, 6) is -0.868. The van der Waals surface area contributed by atoms with Crippen LogP contribution in [0.5, 0.6) is 0 Å². The lowest BCUT2D eigenvalue weighted by atomic mass is 9.84. The van der Waals surface area contributed by atoms with Crippen molar-refractivity contribution >= 4 is 23.5 Å². The molecule has 0 unspecified atom stereocenters. The summed E-state index contributed by atoms with van der Waals surface area (Å²) in [6.45, 7) is 4.61. The summed E-state index contributed by atoms with van der Waals surface area (Å²) in [6, 6.07) is 7.61. The first-order valence-electron chi connectivity index (χ1n) is 7.06. The molecule has 2 N–H and O–H groups in total. The first-order valence-corrected chi connectivity index (χ1v) is 7.43. The number of carbonyl (C=O) groups excluding carboxylic acids is 1. The highest BCUT2D eigenvalue weighted by Gasteiger charge is 2.21. The lowest BCUT2D eigenvalue weighted by Gasteiger charge is -2.26. The Balaban J connectivity index is 2.39. The average Bonchev–Trinajstić information content (AvgIpc) is 2.41. The lowest BCUT2D eigenvalue weighted by Crippen LogP contribution is -2.36. The monoisotopic (exact) mass is 311 g/mol. The van der Waals surface area contributed by atoms with E-state index in [2.05, 4.69) is 5.32 Å². The Bertz CT molecular complexity index is 500. The number of aliphatic carboxylic acids is 1. The van der Waals surface area contributed by atoms with E-state index < -0.39 is 5.97 Å². The number of nitrogens with one attached hydrogen (secondary N) is 1. The minimum absolute atomic E-state index is 0.0458. The summed E-state index contributed by atoms with van der Waals surface area (Å²) in [6.07, 6.45) is 1.59. The number of hydrogen-bond acceptors (Lipinski definition) is 2. The third-order valence-corrected chi connectivity index (χ3v) is 3.61. The van der Waals surface area contributed by atoms with Crippen molar-refractivity contribution in [3.8, 4) is 0 Å². The number of carboxylic acids is 1. The van der Waals surface area contributed by atoms with E-state index in [0.717, 1.165) is 5.56 Å². The molecule has 0 aliphatic heterocycles. The molecule has 0 bridgehead atoms. The predicted octanol–water partition coefficient (Wildman–Crippen LogP) is 3.38. The lowest BCUT2D eigenvalue weighted by molar-refractivity contribution is -0.137. The van der Waals surface area contributed by atoms with E-state index in [9.17, 15) is 9.59 Å². The molecule has 0 fully saturated rings. The van der Waals surface area contributed by atoms with E-state index in [1.807, 2.05) is 38.1 Å². The molecular weight excluding hydrogens is 290 g/mol. The molecule has 0 spiro atoms. The standard InChI is InChI=1S/C16H22ClNO3/c1-16(2,12-6-5-7-13(17)10-12)11-18-14(19)8-3-4-9-15(20)21/h5-7,10H,3-4,8-9,11H2,1-2H3,(H,18,19)(H,20,21). The number of benzene rings is 1. The van der Waals surface area contributed by atoms with Crippen LogP contribution in [0.2, 0.25) is 5.02 Å². The summed E-state index contributed by atoms with van der Waals surface area (Å²) in [5.41, 5.74) is 0.864. The Morgan fingerprint density at radius 2 is 1.90 bits per heavy atom. The van der Waals surface area contributed by atoms with Gasteiger partial charge in [0.15, 0.2) is 0 Å². The molecule has 1 aromatic carbocycles. The van der Waals surface area contributed by atoms with Gasteiger partial charge in [-0.15, -0.1) is 0 Å². The molecule has 5 heteroatoms. The SMILES string of the molecule is CC(C)(CNC(=O)CCCCC(=O)O)c1cccc(Cl)c1. The van der Waals surface area contributed by atoms with Crippen molar-refractivity contribution in [1.29, 1.82) is 0 Å². The first kappa shape index (κ1) is 17.5. The van der Waals surface area contributed by atoms with Crippen molar-refractivity contribution in [3.05, 3.63) is 34.9 Å². The number of unbranched alkanes of at least 4 members (excludes halogenated alkanes) is 1. The van der Waals surface area contributed by atoms with Crippen molar-refractivity contribution in [1.82, 2.24) is 5.32 Å². The third-order valence-electron chi connectivity index (χ3n) is 3.38. The van der Waals surface area contributed by atoms with E-state index in [-0.39, 0.29) is 17.7 Å². The summed E-state index contributed by atoms with van der Waals surface area (Å²) in [7, 11) is 0. The fourth-order valence-electron chi connectivity index (χ4n) is 1.98. The Hall–Kier alpha value is -1.55. The Morgan fingerprint density at radius 3 is 2.52 bits per heavy atom. The second-order valence-electron chi connectivity index (χ2n) is 5.77. The molecule has 0 saturated heterocycles. The molecule has 116 valence electrons. The van der Waals surface area contributed by atoms with Crippen LogP contribution in [0.3, 0.4) is 0 Å². The maximum absolute atomic E-state index is 11.7. The average molecular weight is 312 g/mol. The van der Waals surface area contributed by atoms with Crippen LogP contribution < -0.4 is 5.32 Å². The minimum Gasteiger partial charge on any atom is -0.481 e. The zero-order chi connectivity index (χ0) is 15.9. The molecule has 0 atom stereocenters. The van der Waals surface area contributed by atoms with Gasteiger partial charge in [0.1, 0.15) is 0 Å². The Labute approximate surface area is 130 Å². The fourth-order valence-corrected chi connectivity index (χ4v) is 2.17. The summed E-state index contributed by atoms with van der Waals surface area (Å²) >= 11 is 5.99. The van der Waals surface area contributed by atoms with Gasteiger partial charge in [-0.3, -0.25) is 9.59 Å². The predicted molar refractivity (Wildman–Crippen MR) is 83.6 cm³/mol. The quantitative estimate of drug-likeness (QED) is 0.723. The number of carbonyl (C=O) groups is 2. The molecule has 0 aromatic heterocycles. The van der Waals surface area contributed by atoms with Gasteiger partial charge in [0.25, 0.3) is 0 Å². The summed E-state index contributed by atoms with van der Waals surface area (Å²) in [4.78, 5) is 22.1. The molecule has 0 aliphatic carbocycles. The largest absolute Gasteiger partial charge is 0.481 e. The van der Waals surface area contributed by atoms with Gasteiger partial charge in [-0.1, -0.05) is 37.6 Å². The van der Waals surface area contributed by atoms with Crippen LogP contribution in [0.4, 0.5) is 0 Å². The van der Waals surface area contributed by atoms with Gasteiger partial charge in [-0.2, -0.15) is 0 Å². The van der Waals surface area contributed by atoms with Crippen molar-refractivity contribution in [2.24, 2.45) is 0 Å². The van der Waals surface area contributed by atoms with Crippen LogP contribution in [-0.2, 0) is 15.0 Å². The maximum Gasteiger partial charge on any atom is 0.303 e. The van der Waals surface area contributed by atoms with Crippen LogP contribution in [0.25, 0.3) is 0 Å². The van der Waals surface area contributed by atoms with Gasteiger partial charge in [0.2, 0.25) is 5.91 Å². The second-order valence-corrected chi connectivity index (χ2v) is 6.21. The number of hydrogen-bond donors (Lipinski definition) is 2. The van der Waals surface area contributed by atoms with Crippen molar-refractivity contribution < 1.29 is 14.7 Å². The van der Waals surface area contributed by atoms with Gasteiger partial charge >= 0.3 is 5.97 Å². The molecule has 21 heavy (non-hydrogen) atoms. The minimum atomic E-state index is -0.822. The van der Waals surface area contributed by atoms with Crippen LogP contribution in [0.1, 0.15) is 45.1 Å². The molecule has 0 aliphatic rings. The van der Waals surface area contributed by atoms with E-state index in [0.29, 0.717) is 30.8 Å². The molecule has 4 nitrogen and oxygen atoms in total. The van der Waals surface area contributed by atoms with Gasteiger partial charge in [0, 0.05) is 29.8 Å². The van der Waals surface area contributed by atoms with Crippen molar-refractivity contribution in [2.45, 2.75) is 44.9 Å². The maximum atomic E-state index is 11.7. The second kappa shape index (κ2) is 8.03. The van der Waals surface area contributed by atoms with E-state index >= 15 is 0 Å². The van der Waals surface area contributed by atoms with Crippen LogP contribution in [0.15, 0.2) is 24.3 Å². The molecule has 1 aromatic rings. The number of halogens is 1. The first-order chi connectivity index (χ1) is 9.81. The number of amides is 1. The van der Waals surface area contributed by atoms with Crippen LogP contribution in [0, 0.1) is 0 Å². The molecule has 1 amide bonds. The highest BCUT2D eigenvalue weighted by molar-refractivity contribution is 6.30. The van der Waals surface area contributed by atoms with Crippen LogP contribution >= 0.6 is 11.6 Å². The summed E-state index contributed by atoms with van der Waals surface area (Å²) < 4.78 is 0. The molecule has 1 rings (SSSR count). The zero-order valence-corrected chi connectivity index (χ0v) is 13.2. The number of carboxylic acid groups (broad SMARTS) is 1. The van der Waals surface area contributed by atoms with Gasteiger partial charge in [0.05, 0.1) is 0 Å². The highest BCUT2D eigenvalue weighted by Crippen LogP contribution is 2.24. The summed E-state index contributed by atoms with van der Waals surface area (Å²) in [5, 5.41) is 12.1. The molecule has 0 radical (unpaired) electrons. The molecule has 0 heterocycles. The van der Waals surface area contributed by atoms with Crippen LogP contribution in [-0.4, -0.2) is 23.5 Å². The van der Waals surface area contributed by atoms with Gasteiger partial charge < -0.3 is 10.4 Å². The van der Waals surface area contributed by atoms with E-state index in [1.54, 1.807) is 0 Å². The van der Waals surface area contributed by atoms with Crippen molar-refractivity contribution in [3.63, 3.8) is 0 Å². The smallest absolute Gasteiger partial charge is 0.303 e. The third kappa shape index (κ3) is 6.63. The normalized spacial score (nSPS) is 11.2. The molecular formula is C16H22ClNO3. The number of rotatable bonds is 8. The van der Waals surface area contributed by atoms with E-state index in [4.69, 9.17) is 16.7 Å². The topological polar surface area (TPSA) is 66.4 Å². The van der Waals surface area contributed by atoms with E-state index in [1.165, 1.54) is 0 Å². The Kier molecular flexibility index (Phi) is 6.69. The van der Waals surface area contributed by atoms with Crippen molar-refractivity contribution in [2.75, 3.05) is 6.54 Å². The van der Waals surface area contributed by atoms with Gasteiger partial charge in [-0.05, 0) is 30.5 Å². The fraction of sp³-hybridized carbons (Fsp3) is 0.500. The highest BCUT2D eigenvalue weighted by atomic mass is 35.5. The van der Waals surface area contributed by atoms with Gasteiger partial charge in [-0.25, -0.2) is 0 Å².